The second-order valence-electron chi connectivity index (χ2n) is 8.01. The normalized spacial score (nSPS) is 14.3. The smallest absolute Gasteiger partial charge is 0.322 e. The number of nitrogens with one attached hydrogen (secondary N) is 1. The maximum atomic E-state index is 12.2. The summed E-state index contributed by atoms with van der Waals surface area (Å²) in [6.07, 6.45) is 4.02. The average Bonchev–Trinajstić information content (AvgIpc) is 3.31. The van der Waals surface area contributed by atoms with Gasteiger partial charge in [-0.15, -0.1) is 0 Å². The minimum Gasteiger partial charge on any atom is -0.504 e. The highest BCUT2D eigenvalue weighted by atomic mass is 16.4. The lowest BCUT2D eigenvalue weighted by Crippen LogP contribution is -2.35. The summed E-state index contributed by atoms with van der Waals surface area (Å²) in [5.41, 5.74) is 1.06. The molecule has 10 heteroatoms. The zero-order valence-corrected chi connectivity index (χ0v) is 18.2. The van der Waals surface area contributed by atoms with Crippen LogP contribution in [-0.4, -0.2) is 56.7 Å². The number of rotatable bonds is 7. The molecule has 1 fully saturated rings. The Bertz CT molecular complexity index is 1140. The SMILES string of the molecule is Cc1nc(CC2CCN(c3ncc(-c4ccccc4)o3)CC2)nc(C(=O)NCC(=O)O)c1O. The van der Waals surface area contributed by atoms with Crippen molar-refractivity contribution in [2.24, 2.45) is 5.92 Å². The summed E-state index contributed by atoms with van der Waals surface area (Å²) in [6, 6.07) is 10.4. The first-order chi connectivity index (χ1) is 15.9. The fourth-order valence-electron chi connectivity index (χ4n) is 3.85. The minimum absolute atomic E-state index is 0.204. The Morgan fingerprint density at radius 1 is 1.18 bits per heavy atom. The summed E-state index contributed by atoms with van der Waals surface area (Å²) >= 11 is 0. The second-order valence-corrected chi connectivity index (χ2v) is 8.01. The fourth-order valence-corrected chi connectivity index (χ4v) is 3.85. The number of hydrogen-bond acceptors (Lipinski definition) is 8. The van der Waals surface area contributed by atoms with E-state index in [1.54, 1.807) is 13.1 Å². The number of amides is 1. The highest BCUT2D eigenvalue weighted by Gasteiger charge is 2.25. The van der Waals surface area contributed by atoms with Crippen LogP contribution in [0, 0.1) is 12.8 Å². The fraction of sp³-hybridized carbons (Fsp3) is 0.348. The number of aryl methyl sites for hydroxylation is 1. The van der Waals surface area contributed by atoms with Gasteiger partial charge in [-0.2, -0.15) is 0 Å². The molecule has 4 rings (SSSR count). The van der Waals surface area contributed by atoms with E-state index < -0.39 is 18.4 Å². The zero-order chi connectivity index (χ0) is 23.4. The summed E-state index contributed by atoms with van der Waals surface area (Å²) in [7, 11) is 0. The number of aromatic hydroxyl groups is 1. The third-order valence-electron chi connectivity index (χ3n) is 5.63. The van der Waals surface area contributed by atoms with Crippen molar-refractivity contribution >= 4 is 17.9 Å². The van der Waals surface area contributed by atoms with Gasteiger partial charge in [-0.25, -0.2) is 15.0 Å². The Balaban J connectivity index is 1.38. The Labute approximate surface area is 190 Å². The van der Waals surface area contributed by atoms with Crippen LogP contribution in [0.4, 0.5) is 6.01 Å². The standard InChI is InChI=1S/C23H25N5O5/c1-14-21(31)20(22(32)24-13-19(29)30)27-18(26-14)11-15-7-9-28(10-8-15)23-25-12-17(33-23)16-5-3-2-4-6-16/h2-6,12,15,31H,7-11,13H2,1H3,(H,24,32)(H,29,30). The van der Waals surface area contributed by atoms with E-state index in [2.05, 4.69) is 25.2 Å². The zero-order valence-electron chi connectivity index (χ0n) is 18.2. The van der Waals surface area contributed by atoms with Crippen LogP contribution in [0.25, 0.3) is 11.3 Å². The van der Waals surface area contributed by atoms with E-state index in [-0.39, 0.29) is 17.1 Å². The predicted molar refractivity (Wildman–Crippen MR) is 119 cm³/mol. The number of aromatic nitrogens is 3. The van der Waals surface area contributed by atoms with Crippen LogP contribution in [0.1, 0.15) is 34.8 Å². The Morgan fingerprint density at radius 3 is 2.61 bits per heavy atom. The van der Waals surface area contributed by atoms with E-state index in [1.807, 2.05) is 30.3 Å². The quantitative estimate of drug-likeness (QED) is 0.494. The van der Waals surface area contributed by atoms with Crippen molar-refractivity contribution in [3.8, 4) is 17.1 Å². The first-order valence-corrected chi connectivity index (χ1v) is 10.7. The maximum absolute atomic E-state index is 12.2. The second kappa shape index (κ2) is 9.68. The largest absolute Gasteiger partial charge is 0.504 e. The number of piperidine rings is 1. The van der Waals surface area contributed by atoms with Gasteiger partial charge in [0.2, 0.25) is 0 Å². The molecule has 3 heterocycles. The van der Waals surface area contributed by atoms with Crippen LogP contribution < -0.4 is 10.2 Å². The molecule has 3 aromatic rings. The summed E-state index contributed by atoms with van der Waals surface area (Å²) in [5.74, 6) is -0.781. The number of aliphatic carboxylic acids is 1. The van der Waals surface area contributed by atoms with E-state index >= 15 is 0 Å². The number of anilines is 1. The molecule has 0 spiro atoms. The van der Waals surface area contributed by atoms with Gasteiger partial charge in [0.25, 0.3) is 11.9 Å². The molecule has 0 aliphatic carbocycles. The number of oxazole rings is 1. The molecule has 3 N–H and O–H groups in total. The highest BCUT2D eigenvalue weighted by molar-refractivity contribution is 5.96. The van der Waals surface area contributed by atoms with Crippen LogP contribution >= 0.6 is 0 Å². The molecule has 1 saturated heterocycles. The third-order valence-corrected chi connectivity index (χ3v) is 5.63. The van der Waals surface area contributed by atoms with Crippen molar-refractivity contribution in [1.29, 1.82) is 0 Å². The molecule has 172 valence electrons. The van der Waals surface area contributed by atoms with Gasteiger partial charge in [0, 0.05) is 25.1 Å². The van der Waals surface area contributed by atoms with E-state index in [1.165, 1.54) is 0 Å². The molecule has 1 amide bonds. The summed E-state index contributed by atoms with van der Waals surface area (Å²) in [6.45, 7) is 2.57. The Kier molecular flexibility index (Phi) is 6.53. The summed E-state index contributed by atoms with van der Waals surface area (Å²) < 4.78 is 5.95. The summed E-state index contributed by atoms with van der Waals surface area (Å²) in [4.78, 5) is 38.0. The van der Waals surface area contributed by atoms with Gasteiger partial charge in [0.15, 0.2) is 17.2 Å². The molecule has 0 saturated carbocycles. The van der Waals surface area contributed by atoms with Crippen LogP contribution in [0.5, 0.6) is 5.75 Å². The van der Waals surface area contributed by atoms with Gasteiger partial charge in [-0.1, -0.05) is 30.3 Å². The van der Waals surface area contributed by atoms with E-state index in [4.69, 9.17) is 9.52 Å². The molecule has 1 aromatic carbocycles. The lowest BCUT2D eigenvalue weighted by atomic mass is 9.93. The van der Waals surface area contributed by atoms with Crippen molar-refractivity contribution in [2.45, 2.75) is 26.2 Å². The van der Waals surface area contributed by atoms with Gasteiger partial charge >= 0.3 is 5.97 Å². The number of hydrogen-bond donors (Lipinski definition) is 3. The van der Waals surface area contributed by atoms with Crippen molar-refractivity contribution < 1.29 is 24.2 Å². The van der Waals surface area contributed by atoms with E-state index in [0.29, 0.717) is 24.2 Å². The highest BCUT2D eigenvalue weighted by Crippen LogP contribution is 2.29. The topological polar surface area (TPSA) is 142 Å². The van der Waals surface area contributed by atoms with Crippen molar-refractivity contribution in [1.82, 2.24) is 20.3 Å². The Hall–Kier alpha value is -3.95. The monoisotopic (exact) mass is 451 g/mol. The lowest BCUT2D eigenvalue weighted by molar-refractivity contribution is -0.135. The van der Waals surface area contributed by atoms with E-state index in [0.717, 1.165) is 37.3 Å². The average molecular weight is 451 g/mol. The predicted octanol–water partition coefficient (Wildman–Crippen LogP) is 2.42. The Morgan fingerprint density at radius 2 is 1.91 bits per heavy atom. The molecule has 0 bridgehead atoms. The van der Waals surface area contributed by atoms with E-state index in [9.17, 15) is 14.7 Å². The first kappa shape index (κ1) is 22.3. The van der Waals surface area contributed by atoms with Crippen molar-refractivity contribution in [3.05, 3.63) is 53.7 Å². The van der Waals surface area contributed by atoms with Crippen LogP contribution in [0.15, 0.2) is 40.9 Å². The number of carbonyl (C=O) groups is 2. The minimum atomic E-state index is -1.18. The molecule has 1 aliphatic rings. The number of carbonyl (C=O) groups excluding carboxylic acids is 1. The number of benzene rings is 1. The third kappa shape index (κ3) is 5.28. The molecular weight excluding hydrogens is 426 g/mol. The first-order valence-electron chi connectivity index (χ1n) is 10.7. The van der Waals surface area contributed by atoms with Crippen LogP contribution in [-0.2, 0) is 11.2 Å². The molecule has 2 aromatic heterocycles. The number of carboxylic acid groups (broad SMARTS) is 1. The lowest BCUT2D eigenvalue weighted by Gasteiger charge is -2.30. The molecular formula is C23H25N5O5. The maximum Gasteiger partial charge on any atom is 0.322 e. The van der Waals surface area contributed by atoms with Crippen LogP contribution in [0.2, 0.25) is 0 Å². The summed E-state index contributed by atoms with van der Waals surface area (Å²) in [5, 5.41) is 21.1. The van der Waals surface area contributed by atoms with Gasteiger partial charge in [-0.3, -0.25) is 9.59 Å². The van der Waals surface area contributed by atoms with Gasteiger partial charge in [0.1, 0.15) is 12.4 Å². The van der Waals surface area contributed by atoms with Crippen molar-refractivity contribution in [3.63, 3.8) is 0 Å². The number of nitrogens with zero attached hydrogens (tertiary/aromatic N) is 4. The molecule has 1 aliphatic heterocycles. The van der Waals surface area contributed by atoms with Crippen molar-refractivity contribution in [2.75, 3.05) is 24.5 Å². The molecule has 0 radical (unpaired) electrons. The molecule has 0 atom stereocenters. The molecule has 0 unspecified atom stereocenters. The number of carboxylic acids is 1. The van der Waals surface area contributed by atoms with Gasteiger partial charge in [-0.05, 0) is 25.7 Å². The van der Waals surface area contributed by atoms with Crippen LogP contribution in [0.3, 0.4) is 0 Å². The van der Waals surface area contributed by atoms with Gasteiger partial charge in [0.05, 0.1) is 11.9 Å². The molecule has 33 heavy (non-hydrogen) atoms. The molecule has 10 nitrogen and oxygen atoms in total. The van der Waals surface area contributed by atoms with Gasteiger partial charge < -0.3 is 24.8 Å².